The van der Waals surface area contributed by atoms with Crippen LogP contribution in [0.3, 0.4) is 0 Å². The number of hydrogen-bond donors (Lipinski definition) is 1. The Bertz CT molecular complexity index is 1040. The summed E-state index contributed by atoms with van der Waals surface area (Å²) in [6, 6.07) is 3.97. The first-order chi connectivity index (χ1) is 14.6. The lowest BCUT2D eigenvalue weighted by atomic mass is 10.0. The van der Waals surface area contributed by atoms with Crippen LogP contribution < -0.4 is 10.1 Å². The molecule has 0 saturated carbocycles. The van der Waals surface area contributed by atoms with Crippen LogP contribution in [0.25, 0.3) is 11.4 Å². The van der Waals surface area contributed by atoms with Gasteiger partial charge in [-0.15, -0.1) is 0 Å². The van der Waals surface area contributed by atoms with Gasteiger partial charge in [0.15, 0.2) is 6.61 Å². The number of halogens is 4. The summed E-state index contributed by atoms with van der Waals surface area (Å²) in [5, 5.41) is 6.45. The molecule has 1 amide bonds. The minimum Gasteiger partial charge on any atom is -0.467 e. The lowest BCUT2D eigenvalue weighted by Crippen LogP contribution is -2.32. The predicted molar refractivity (Wildman–Crippen MR) is 103 cm³/mol. The number of nitrogens with one attached hydrogen (secondary N) is 1. The molecular formula is C19H17ClF3N5O3. The number of pyridine rings is 2. The van der Waals surface area contributed by atoms with Gasteiger partial charge in [-0.05, 0) is 24.1 Å². The van der Waals surface area contributed by atoms with Crippen molar-refractivity contribution in [2.24, 2.45) is 5.92 Å². The summed E-state index contributed by atoms with van der Waals surface area (Å²) in [6.07, 6.45) is -0.289. The van der Waals surface area contributed by atoms with Gasteiger partial charge >= 0.3 is 6.18 Å². The molecule has 0 aliphatic heterocycles. The second kappa shape index (κ2) is 9.29. The van der Waals surface area contributed by atoms with Crippen LogP contribution in [-0.4, -0.2) is 38.8 Å². The van der Waals surface area contributed by atoms with Crippen LogP contribution in [0.1, 0.15) is 36.1 Å². The Morgan fingerprint density at radius 1 is 1.29 bits per heavy atom. The highest BCUT2D eigenvalue weighted by Crippen LogP contribution is 2.27. The summed E-state index contributed by atoms with van der Waals surface area (Å²) < 4.78 is 46.7. The van der Waals surface area contributed by atoms with Crippen molar-refractivity contribution < 1.29 is 27.2 Å². The highest BCUT2D eigenvalue weighted by molar-refractivity contribution is 6.32. The zero-order chi connectivity index (χ0) is 22.6. The number of carbonyl (C=O) groups excluding carboxylic acids is 1. The first kappa shape index (κ1) is 22.5. The van der Waals surface area contributed by atoms with E-state index >= 15 is 0 Å². The van der Waals surface area contributed by atoms with Gasteiger partial charge in [0.25, 0.3) is 5.91 Å². The Morgan fingerprint density at radius 2 is 2.00 bits per heavy atom. The van der Waals surface area contributed by atoms with Gasteiger partial charge in [0.2, 0.25) is 17.6 Å². The summed E-state index contributed by atoms with van der Waals surface area (Å²) >= 11 is 5.91. The largest absolute Gasteiger partial charge is 0.467 e. The fourth-order valence-corrected chi connectivity index (χ4v) is 2.74. The van der Waals surface area contributed by atoms with E-state index in [0.29, 0.717) is 11.4 Å². The van der Waals surface area contributed by atoms with Gasteiger partial charge in [-0.3, -0.25) is 9.78 Å². The molecule has 3 aromatic rings. The number of ether oxygens (including phenoxy) is 1. The van der Waals surface area contributed by atoms with Gasteiger partial charge in [-0.2, -0.15) is 18.2 Å². The number of alkyl halides is 3. The SMILES string of the molecule is CC(C)C(NC(=O)c1cnc(OCC(F)(F)F)c(Cl)c1)c1nc(-c2ccncc2)no1. The molecule has 0 aliphatic rings. The second-order valence-corrected chi connectivity index (χ2v) is 7.21. The number of carbonyl (C=O) groups is 1. The van der Waals surface area contributed by atoms with E-state index in [0.717, 1.165) is 6.20 Å². The van der Waals surface area contributed by atoms with Crippen LogP contribution >= 0.6 is 11.6 Å². The van der Waals surface area contributed by atoms with Crippen molar-refractivity contribution >= 4 is 17.5 Å². The molecule has 8 nitrogen and oxygen atoms in total. The van der Waals surface area contributed by atoms with E-state index in [2.05, 4.69) is 30.2 Å². The minimum absolute atomic E-state index is 0.0314. The van der Waals surface area contributed by atoms with E-state index < -0.39 is 30.6 Å². The van der Waals surface area contributed by atoms with E-state index in [1.165, 1.54) is 6.07 Å². The van der Waals surface area contributed by atoms with Gasteiger partial charge in [0, 0.05) is 24.2 Å². The standard InChI is InChI=1S/C19H17ClF3N5O3/c1-10(2)14(18-27-15(28-31-18)11-3-5-24-6-4-11)26-16(29)12-7-13(20)17(25-8-12)30-9-19(21,22)23/h3-8,10,14H,9H2,1-2H3,(H,26,29). The number of hydrogen-bond acceptors (Lipinski definition) is 7. The summed E-state index contributed by atoms with van der Waals surface area (Å²) in [4.78, 5) is 24.6. The fourth-order valence-electron chi connectivity index (χ4n) is 2.52. The van der Waals surface area contributed by atoms with Gasteiger partial charge in [-0.25, -0.2) is 4.98 Å². The van der Waals surface area contributed by atoms with Crippen molar-refractivity contribution in [3.05, 3.63) is 53.3 Å². The molecule has 0 radical (unpaired) electrons. The van der Waals surface area contributed by atoms with Gasteiger partial charge in [-0.1, -0.05) is 30.6 Å². The van der Waals surface area contributed by atoms with Crippen molar-refractivity contribution in [3.8, 4) is 17.3 Å². The van der Waals surface area contributed by atoms with Crippen molar-refractivity contribution in [3.63, 3.8) is 0 Å². The summed E-state index contributed by atoms with van der Waals surface area (Å²) in [7, 11) is 0. The van der Waals surface area contributed by atoms with Crippen LogP contribution in [0.5, 0.6) is 5.88 Å². The minimum atomic E-state index is -4.54. The molecule has 31 heavy (non-hydrogen) atoms. The topological polar surface area (TPSA) is 103 Å². The number of nitrogens with zero attached hydrogens (tertiary/aromatic N) is 4. The number of amides is 1. The van der Waals surface area contributed by atoms with Crippen LogP contribution in [0.15, 0.2) is 41.3 Å². The monoisotopic (exact) mass is 455 g/mol. The Labute approximate surface area is 179 Å². The van der Waals surface area contributed by atoms with E-state index in [4.69, 9.17) is 16.1 Å². The fraction of sp³-hybridized carbons (Fsp3) is 0.316. The van der Waals surface area contributed by atoms with Gasteiger partial charge in [0.1, 0.15) is 11.1 Å². The highest BCUT2D eigenvalue weighted by Gasteiger charge is 2.29. The van der Waals surface area contributed by atoms with Gasteiger partial charge in [0.05, 0.1) is 5.56 Å². The molecule has 0 saturated heterocycles. The molecule has 12 heteroatoms. The summed E-state index contributed by atoms with van der Waals surface area (Å²) in [5.74, 6) is -0.575. The third-order valence-electron chi connectivity index (χ3n) is 4.04. The molecule has 3 rings (SSSR count). The average Bonchev–Trinajstić information content (AvgIpc) is 3.20. The third-order valence-corrected chi connectivity index (χ3v) is 4.31. The van der Waals surface area contributed by atoms with Crippen molar-refractivity contribution in [1.82, 2.24) is 25.4 Å². The van der Waals surface area contributed by atoms with Gasteiger partial charge < -0.3 is 14.6 Å². The predicted octanol–water partition coefficient (Wildman–Crippen LogP) is 4.25. The molecule has 1 unspecified atom stereocenters. The maximum Gasteiger partial charge on any atom is 0.422 e. The van der Waals surface area contributed by atoms with Crippen molar-refractivity contribution in [2.75, 3.05) is 6.61 Å². The Morgan fingerprint density at radius 3 is 2.61 bits per heavy atom. The summed E-state index contributed by atoms with van der Waals surface area (Å²) in [6.45, 7) is 2.15. The van der Waals surface area contributed by atoms with Crippen molar-refractivity contribution in [1.29, 1.82) is 0 Å². The quantitative estimate of drug-likeness (QED) is 0.568. The second-order valence-electron chi connectivity index (χ2n) is 6.80. The first-order valence-electron chi connectivity index (χ1n) is 9.04. The summed E-state index contributed by atoms with van der Waals surface area (Å²) in [5.41, 5.74) is 0.730. The molecule has 0 spiro atoms. The smallest absolute Gasteiger partial charge is 0.422 e. The molecule has 3 heterocycles. The van der Waals surface area contributed by atoms with Crippen molar-refractivity contribution in [2.45, 2.75) is 26.1 Å². The van der Waals surface area contributed by atoms with Crippen LogP contribution in [-0.2, 0) is 0 Å². The molecule has 0 aromatic carbocycles. The first-order valence-corrected chi connectivity index (χ1v) is 9.42. The number of rotatable bonds is 7. The molecule has 0 aliphatic carbocycles. The van der Waals surface area contributed by atoms with E-state index in [-0.39, 0.29) is 22.4 Å². The molecule has 0 bridgehead atoms. The van der Waals surface area contributed by atoms with Crippen LogP contribution in [0.4, 0.5) is 13.2 Å². The Hall–Kier alpha value is -3.21. The lowest BCUT2D eigenvalue weighted by molar-refractivity contribution is -0.154. The zero-order valence-electron chi connectivity index (χ0n) is 16.4. The Kier molecular flexibility index (Phi) is 6.74. The molecule has 164 valence electrons. The van der Waals surface area contributed by atoms with E-state index in [1.54, 1.807) is 24.5 Å². The highest BCUT2D eigenvalue weighted by atomic mass is 35.5. The Balaban J connectivity index is 1.74. The molecule has 1 atom stereocenters. The third kappa shape index (κ3) is 5.91. The van der Waals surface area contributed by atoms with Crippen LogP contribution in [0, 0.1) is 5.92 Å². The maximum absolute atomic E-state index is 12.7. The zero-order valence-corrected chi connectivity index (χ0v) is 17.1. The molecule has 0 fully saturated rings. The van der Waals surface area contributed by atoms with E-state index in [1.807, 2.05) is 13.8 Å². The normalized spacial score (nSPS) is 12.6. The lowest BCUT2D eigenvalue weighted by Gasteiger charge is -2.18. The molecule has 1 N–H and O–H groups in total. The van der Waals surface area contributed by atoms with Crippen LogP contribution in [0.2, 0.25) is 5.02 Å². The van der Waals surface area contributed by atoms with E-state index in [9.17, 15) is 18.0 Å². The average molecular weight is 456 g/mol. The molecule has 3 aromatic heterocycles. The molecular weight excluding hydrogens is 439 g/mol. The maximum atomic E-state index is 12.7. The number of aromatic nitrogens is 4.